The molecule has 0 unspecified atom stereocenters. The smallest absolute Gasteiger partial charge is 0.275 e. The molecule has 0 fully saturated rings. The Balaban J connectivity index is 1.75. The molecular formula is C21H23N5O. The highest BCUT2D eigenvalue weighted by atomic mass is 16.1. The summed E-state index contributed by atoms with van der Waals surface area (Å²) in [7, 11) is 0. The summed E-state index contributed by atoms with van der Waals surface area (Å²) in [6.07, 6.45) is 7.41. The molecule has 0 bridgehead atoms. The largest absolute Gasteiger partial charge is 0.348 e. The maximum atomic E-state index is 12.5. The quantitative estimate of drug-likeness (QED) is 0.744. The van der Waals surface area contributed by atoms with Crippen molar-refractivity contribution in [2.45, 2.75) is 20.0 Å². The molecule has 6 nitrogen and oxygen atoms in total. The van der Waals surface area contributed by atoms with Gasteiger partial charge in [-0.05, 0) is 18.1 Å². The maximum Gasteiger partial charge on any atom is 0.275 e. The molecule has 0 atom stereocenters. The van der Waals surface area contributed by atoms with Gasteiger partial charge in [-0.3, -0.25) is 4.79 Å². The van der Waals surface area contributed by atoms with Crippen molar-refractivity contribution in [3.63, 3.8) is 0 Å². The van der Waals surface area contributed by atoms with Gasteiger partial charge >= 0.3 is 0 Å². The maximum absolute atomic E-state index is 12.5. The number of allylic oxidation sites excluding steroid dienone is 4. The molecule has 0 saturated heterocycles. The Morgan fingerprint density at radius 1 is 1.33 bits per heavy atom. The van der Waals surface area contributed by atoms with Crippen LogP contribution in [-0.2, 0) is 13.1 Å². The number of anilines is 1. The molecule has 0 amide bonds. The molecule has 1 aromatic carbocycles. The minimum Gasteiger partial charge on any atom is -0.348 e. The number of nitrogens with one attached hydrogen (secondary N) is 2. The summed E-state index contributed by atoms with van der Waals surface area (Å²) in [5, 5.41) is 11.0. The zero-order valence-electron chi connectivity index (χ0n) is 15.4. The highest BCUT2D eigenvalue weighted by molar-refractivity contribution is 6.05. The van der Waals surface area contributed by atoms with Gasteiger partial charge in [0.25, 0.3) is 5.56 Å². The minimum absolute atomic E-state index is 0.204. The average molecular weight is 361 g/mol. The van der Waals surface area contributed by atoms with E-state index in [1.165, 1.54) is 16.3 Å². The van der Waals surface area contributed by atoms with E-state index in [4.69, 9.17) is 0 Å². The van der Waals surface area contributed by atoms with E-state index in [0.29, 0.717) is 24.7 Å². The second-order valence-electron chi connectivity index (χ2n) is 6.05. The van der Waals surface area contributed by atoms with E-state index >= 15 is 0 Å². The van der Waals surface area contributed by atoms with Gasteiger partial charge in [0.2, 0.25) is 5.95 Å². The van der Waals surface area contributed by atoms with E-state index in [1.807, 2.05) is 43.4 Å². The highest BCUT2D eigenvalue weighted by Crippen LogP contribution is 2.12. The van der Waals surface area contributed by atoms with E-state index in [-0.39, 0.29) is 5.56 Å². The van der Waals surface area contributed by atoms with Crippen molar-refractivity contribution in [1.29, 1.82) is 0 Å². The molecule has 2 N–H and O–H groups in total. The molecule has 0 aliphatic carbocycles. The van der Waals surface area contributed by atoms with Crippen molar-refractivity contribution in [2.24, 2.45) is 5.10 Å². The van der Waals surface area contributed by atoms with Gasteiger partial charge in [0.05, 0.1) is 18.0 Å². The Bertz CT molecular complexity index is 954. The third-order valence-corrected chi connectivity index (χ3v) is 4.12. The van der Waals surface area contributed by atoms with Crippen LogP contribution in [0.25, 0.3) is 0 Å². The first kappa shape index (κ1) is 18.5. The molecule has 2 heterocycles. The van der Waals surface area contributed by atoms with E-state index in [1.54, 1.807) is 6.08 Å². The van der Waals surface area contributed by atoms with Crippen molar-refractivity contribution in [1.82, 2.24) is 15.0 Å². The lowest BCUT2D eigenvalue weighted by Crippen LogP contribution is -2.32. The molecule has 2 aromatic rings. The zero-order valence-corrected chi connectivity index (χ0v) is 15.4. The van der Waals surface area contributed by atoms with Gasteiger partial charge in [0, 0.05) is 19.2 Å². The van der Waals surface area contributed by atoms with Crippen LogP contribution in [0.4, 0.5) is 5.95 Å². The lowest BCUT2D eigenvalue weighted by molar-refractivity contribution is 0.667. The molecule has 27 heavy (non-hydrogen) atoms. The number of rotatable bonds is 7. The average Bonchev–Trinajstić information content (AvgIpc) is 2.70. The van der Waals surface area contributed by atoms with Gasteiger partial charge in [0.15, 0.2) is 0 Å². The Kier molecular flexibility index (Phi) is 6.12. The van der Waals surface area contributed by atoms with Crippen LogP contribution in [-0.4, -0.2) is 21.9 Å². The number of fused-ring (bicyclic) bond motifs is 1. The zero-order chi connectivity index (χ0) is 19.1. The van der Waals surface area contributed by atoms with Crippen LogP contribution in [0.5, 0.6) is 0 Å². The second kappa shape index (κ2) is 8.91. The van der Waals surface area contributed by atoms with Gasteiger partial charge in [-0.2, -0.15) is 9.78 Å². The van der Waals surface area contributed by atoms with Gasteiger partial charge in [-0.25, -0.2) is 4.98 Å². The summed E-state index contributed by atoms with van der Waals surface area (Å²) in [6.45, 7) is 7.35. The summed E-state index contributed by atoms with van der Waals surface area (Å²) in [5.74, 6) is 0.464. The summed E-state index contributed by atoms with van der Waals surface area (Å²) in [5.41, 5.74) is 3.39. The number of hydrogen-bond donors (Lipinski definition) is 2. The lowest BCUT2D eigenvalue weighted by atomic mass is 10.1. The molecule has 0 radical (unpaired) electrons. The third kappa shape index (κ3) is 4.68. The first-order valence-corrected chi connectivity index (χ1v) is 8.86. The van der Waals surface area contributed by atoms with E-state index < -0.39 is 0 Å². The normalized spacial score (nSPS) is 13.8. The summed E-state index contributed by atoms with van der Waals surface area (Å²) < 4.78 is 1.31. The second-order valence-corrected chi connectivity index (χ2v) is 6.05. The molecular weight excluding hydrogens is 338 g/mol. The standard InChI is InChI=1S/C21H23N5O/c1-3-5-11-17(4-2)19-15-23-21-24-18(12-20(27)26(21)25-19)14-22-13-16-9-7-6-8-10-16/h3-12,22H,1,13-15H2,2H3,(H,23,24)/b11-5-,17-4+. The molecule has 0 saturated carbocycles. The van der Waals surface area contributed by atoms with Crippen LogP contribution in [0.15, 0.2) is 82.8 Å². The number of hydrogen-bond acceptors (Lipinski definition) is 5. The summed E-state index contributed by atoms with van der Waals surface area (Å²) in [4.78, 5) is 17.0. The van der Waals surface area contributed by atoms with Crippen molar-refractivity contribution in [2.75, 3.05) is 11.9 Å². The van der Waals surface area contributed by atoms with Gasteiger partial charge in [-0.1, -0.05) is 61.2 Å². The fraction of sp³-hybridized carbons (Fsp3) is 0.190. The summed E-state index contributed by atoms with van der Waals surface area (Å²) in [6, 6.07) is 11.6. The van der Waals surface area contributed by atoms with Crippen LogP contribution in [0.3, 0.4) is 0 Å². The van der Waals surface area contributed by atoms with Crippen LogP contribution < -0.4 is 16.2 Å². The number of benzene rings is 1. The minimum atomic E-state index is -0.204. The van der Waals surface area contributed by atoms with Crippen LogP contribution in [0.2, 0.25) is 0 Å². The Labute approximate surface area is 158 Å². The highest BCUT2D eigenvalue weighted by Gasteiger charge is 2.16. The Morgan fingerprint density at radius 3 is 2.89 bits per heavy atom. The molecule has 3 rings (SSSR count). The Morgan fingerprint density at radius 2 is 2.15 bits per heavy atom. The van der Waals surface area contributed by atoms with E-state index in [2.05, 4.69) is 39.4 Å². The van der Waals surface area contributed by atoms with Gasteiger partial charge in [-0.15, -0.1) is 0 Å². The molecule has 138 valence electrons. The first-order valence-electron chi connectivity index (χ1n) is 8.86. The predicted octanol–water partition coefficient (Wildman–Crippen LogP) is 2.85. The van der Waals surface area contributed by atoms with E-state index in [9.17, 15) is 4.79 Å². The lowest BCUT2D eigenvalue weighted by Gasteiger charge is -2.19. The SMILES string of the molecule is C=C/C=C\C(=C/C)C1=Nn2c(nc(CNCc3ccccc3)cc2=O)NC1. The molecule has 6 heteroatoms. The number of nitrogens with zero attached hydrogens (tertiary/aromatic N) is 3. The Hall–Kier alpha value is -3.25. The van der Waals surface area contributed by atoms with Crippen LogP contribution >= 0.6 is 0 Å². The predicted molar refractivity (Wildman–Crippen MR) is 110 cm³/mol. The van der Waals surface area contributed by atoms with Crippen molar-refractivity contribution >= 4 is 11.7 Å². The van der Waals surface area contributed by atoms with E-state index in [0.717, 1.165) is 17.8 Å². The first-order chi connectivity index (χ1) is 13.2. The van der Waals surface area contributed by atoms with Crippen LogP contribution in [0, 0.1) is 0 Å². The molecule has 1 aliphatic heterocycles. The molecule has 0 spiro atoms. The third-order valence-electron chi connectivity index (χ3n) is 4.12. The van der Waals surface area contributed by atoms with Crippen molar-refractivity contribution in [3.8, 4) is 0 Å². The fourth-order valence-electron chi connectivity index (χ4n) is 2.77. The summed E-state index contributed by atoms with van der Waals surface area (Å²) >= 11 is 0. The fourth-order valence-corrected chi connectivity index (χ4v) is 2.77. The van der Waals surface area contributed by atoms with Crippen molar-refractivity contribution < 1.29 is 0 Å². The molecule has 1 aromatic heterocycles. The topological polar surface area (TPSA) is 71.3 Å². The monoisotopic (exact) mass is 361 g/mol. The van der Waals surface area contributed by atoms with Gasteiger partial charge < -0.3 is 10.6 Å². The van der Waals surface area contributed by atoms with Gasteiger partial charge in [0.1, 0.15) is 0 Å². The van der Waals surface area contributed by atoms with Crippen LogP contribution in [0.1, 0.15) is 18.2 Å². The number of aromatic nitrogens is 2. The molecule has 1 aliphatic rings. The van der Waals surface area contributed by atoms with Crippen molar-refractivity contribution in [3.05, 3.63) is 94.5 Å².